The second kappa shape index (κ2) is 7.90. The summed E-state index contributed by atoms with van der Waals surface area (Å²) in [5, 5.41) is 11.1. The van der Waals surface area contributed by atoms with Crippen molar-refractivity contribution in [2.24, 2.45) is 17.3 Å². The van der Waals surface area contributed by atoms with Crippen molar-refractivity contribution < 1.29 is 33.6 Å². The third-order valence-corrected chi connectivity index (χ3v) is 7.00. The molecule has 1 saturated heterocycles. The van der Waals surface area contributed by atoms with Crippen molar-refractivity contribution in [2.75, 3.05) is 6.61 Å². The van der Waals surface area contributed by atoms with Crippen LogP contribution in [0.5, 0.6) is 0 Å². The SMILES string of the molecule is CC(C)(C)OC(=O)[C@]12[C@H]([C@H]3COC(C)(C)O3)[C@@H](O)CC[C@@]1(OCc1ccccc1)[C@H]2C=O. The van der Waals surface area contributed by atoms with Gasteiger partial charge in [0.15, 0.2) is 5.79 Å². The number of aldehydes is 1. The van der Waals surface area contributed by atoms with E-state index in [4.69, 9.17) is 18.9 Å². The van der Waals surface area contributed by atoms with Gasteiger partial charge in [0.05, 0.1) is 36.9 Å². The zero-order valence-corrected chi connectivity index (χ0v) is 19.5. The van der Waals surface area contributed by atoms with Crippen LogP contribution in [0, 0.1) is 17.3 Å². The fraction of sp³-hybridized carbons (Fsp3) is 0.680. The highest BCUT2D eigenvalue weighted by atomic mass is 16.7. The van der Waals surface area contributed by atoms with E-state index in [2.05, 4.69) is 0 Å². The number of ether oxygens (including phenoxy) is 4. The zero-order valence-electron chi connectivity index (χ0n) is 19.5. The molecule has 32 heavy (non-hydrogen) atoms. The van der Waals surface area contributed by atoms with E-state index in [1.54, 1.807) is 34.6 Å². The van der Waals surface area contributed by atoms with E-state index in [0.29, 0.717) is 12.8 Å². The minimum Gasteiger partial charge on any atom is -0.459 e. The molecule has 0 amide bonds. The molecule has 0 radical (unpaired) electrons. The summed E-state index contributed by atoms with van der Waals surface area (Å²) in [7, 11) is 0. The Balaban J connectivity index is 1.74. The summed E-state index contributed by atoms with van der Waals surface area (Å²) in [5.41, 5.74) is -2.19. The lowest BCUT2D eigenvalue weighted by Crippen LogP contribution is -2.53. The molecule has 1 aromatic rings. The van der Waals surface area contributed by atoms with Crippen LogP contribution >= 0.6 is 0 Å². The Bertz CT molecular complexity index is 861. The van der Waals surface area contributed by atoms with Crippen molar-refractivity contribution in [3.63, 3.8) is 0 Å². The molecule has 176 valence electrons. The predicted molar refractivity (Wildman–Crippen MR) is 115 cm³/mol. The molecule has 1 heterocycles. The van der Waals surface area contributed by atoms with E-state index in [0.717, 1.165) is 11.8 Å². The van der Waals surface area contributed by atoms with Crippen molar-refractivity contribution in [3.05, 3.63) is 35.9 Å². The van der Waals surface area contributed by atoms with Crippen molar-refractivity contribution in [1.82, 2.24) is 0 Å². The van der Waals surface area contributed by atoms with Gasteiger partial charge in [0.1, 0.15) is 17.3 Å². The summed E-state index contributed by atoms with van der Waals surface area (Å²) in [4.78, 5) is 26.1. The summed E-state index contributed by atoms with van der Waals surface area (Å²) in [6.45, 7) is 9.44. The Labute approximate surface area is 189 Å². The highest BCUT2D eigenvalue weighted by Crippen LogP contribution is 2.74. The number of fused-ring (bicyclic) bond motifs is 1. The molecule has 1 aliphatic heterocycles. The van der Waals surface area contributed by atoms with Crippen LogP contribution in [0.3, 0.4) is 0 Å². The first-order valence-corrected chi connectivity index (χ1v) is 11.3. The fourth-order valence-electron chi connectivity index (χ4n) is 5.78. The van der Waals surface area contributed by atoms with Crippen molar-refractivity contribution >= 4 is 12.3 Å². The van der Waals surface area contributed by atoms with Crippen LogP contribution in [0.15, 0.2) is 30.3 Å². The van der Waals surface area contributed by atoms with Gasteiger partial charge < -0.3 is 28.8 Å². The lowest BCUT2D eigenvalue weighted by atomic mass is 9.71. The third kappa shape index (κ3) is 3.69. The van der Waals surface area contributed by atoms with Crippen LogP contribution in [0.1, 0.15) is 53.0 Å². The molecule has 1 N–H and O–H groups in total. The normalized spacial score (nSPS) is 38.1. The molecule has 4 rings (SSSR count). The van der Waals surface area contributed by atoms with Gasteiger partial charge in [-0.1, -0.05) is 30.3 Å². The first-order chi connectivity index (χ1) is 15.0. The highest BCUT2D eigenvalue weighted by molar-refractivity contribution is 5.92. The standard InChI is InChI=1S/C25H34O7/c1-22(2,3)32-21(28)25-19(13-26)24(25,30-14-16-9-7-6-8-10-16)12-11-17(27)20(25)18-15-29-23(4,5)31-18/h6-10,13,17-20,27H,11-12,14-15H2,1-5H3/t17-,18+,19+,20-,24+,25-/m0/s1. The minimum absolute atomic E-state index is 0.222. The van der Waals surface area contributed by atoms with Gasteiger partial charge in [-0.3, -0.25) is 4.79 Å². The van der Waals surface area contributed by atoms with E-state index in [-0.39, 0.29) is 13.2 Å². The number of esters is 1. The van der Waals surface area contributed by atoms with Crippen molar-refractivity contribution in [1.29, 1.82) is 0 Å². The van der Waals surface area contributed by atoms with Crippen LogP contribution in [-0.2, 0) is 35.1 Å². The van der Waals surface area contributed by atoms with Gasteiger partial charge in [0.2, 0.25) is 0 Å². The van der Waals surface area contributed by atoms with Gasteiger partial charge >= 0.3 is 5.97 Å². The van der Waals surface area contributed by atoms with Crippen LogP contribution in [0.4, 0.5) is 0 Å². The summed E-state index contributed by atoms with van der Waals surface area (Å²) in [6, 6.07) is 9.64. The lowest BCUT2D eigenvalue weighted by molar-refractivity contribution is -0.194. The summed E-state index contributed by atoms with van der Waals surface area (Å²) < 4.78 is 24.1. The Hall–Kier alpha value is -1.80. The third-order valence-electron chi connectivity index (χ3n) is 7.00. The summed E-state index contributed by atoms with van der Waals surface area (Å²) >= 11 is 0. The molecule has 3 aliphatic rings. The Morgan fingerprint density at radius 3 is 2.50 bits per heavy atom. The first kappa shape index (κ1) is 23.4. The Morgan fingerprint density at radius 2 is 1.94 bits per heavy atom. The van der Waals surface area contributed by atoms with Crippen molar-refractivity contribution in [2.45, 2.75) is 83.3 Å². The van der Waals surface area contributed by atoms with Crippen LogP contribution < -0.4 is 0 Å². The van der Waals surface area contributed by atoms with E-state index in [1.807, 2.05) is 30.3 Å². The monoisotopic (exact) mass is 446 g/mol. The van der Waals surface area contributed by atoms with Crippen LogP contribution in [0.2, 0.25) is 0 Å². The second-order valence-corrected chi connectivity index (χ2v) is 10.6. The minimum atomic E-state index is -1.33. The second-order valence-electron chi connectivity index (χ2n) is 10.6. The number of rotatable bonds is 6. The number of hydrogen-bond acceptors (Lipinski definition) is 7. The average molecular weight is 447 g/mol. The maximum Gasteiger partial charge on any atom is 0.316 e. The largest absolute Gasteiger partial charge is 0.459 e. The summed E-state index contributed by atoms with van der Waals surface area (Å²) in [5.74, 6) is -2.77. The first-order valence-electron chi connectivity index (χ1n) is 11.3. The number of aliphatic hydroxyl groups excluding tert-OH is 1. The smallest absolute Gasteiger partial charge is 0.316 e. The Kier molecular flexibility index (Phi) is 5.77. The van der Waals surface area contributed by atoms with E-state index in [1.165, 1.54) is 0 Å². The van der Waals surface area contributed by atoms with Gasteiger partial charge in [0.25, 0.3) is 0 Å². The molecular formula is C25H34O7. The fourth-order valence-corrected chi connectivity index (χ4v) is 5.78. The molecule has 1 aromatic carbocycles. The van der Waals surface area contributed by atoms with Gasteiger partial charge in [-0.2, -0.15) is 0 Å². The number of aliphatic hydroxyl groups is 1. The Morgan fingerprint density at radius 1 is 1.25 bits per heavy atom. The molecule has 0 bridgehead atoms. The summed E-state index contributed by atoms with van der Waals surface area (Å²) in [6.07, 6.45) is 0.174. The number of carbonyl (C=O) groups excluding carboxylic acids is 2. The topological polar surface area (TPSA) is 91.3 Å². The van der Waals surface area contributed by atoms with Gasteiger partial charge in [-0.05, 0) is 53.0 Å². The highest BCUT2D eigenvalue weighted by Gasteiger charge is 2.88. The predicted octanol–water partition coefficient (Wildman–Crippen LogP) is 3.02. The van der Waals surface area contributed by atoms with Gasteiger partial charge in [0, 0.05) is 5.92 Å². The van der Waals surface area contributed by atoms with Crippen LogP contribution in [0.25, 0.3) is 0 Å². The zero-order chi connectivity index (χ0) is 23.4. The molecule has 6 atom stereocenters. The van der Waals surface area contributed by atoms with Crippen molar-refractivity contribution in [3.8, 4) is 0 Å². The quantitative estimate of drug-likeness (QED) is 0.530. The molecule has 3 fully saturated rings. The lowest BCUT2D eigenvalue weighted by Gasteiger charge is -2.41. The average Bonchev–Trinajstić information content (AvgIpc) is 3.16. The number of benzene rings is 1. The molecule has 0 unspecified atom stereocenters. The van der Waals surface area contributed by atoms with Gasteiger partial charge in [-0.15, -0.1) is 0 Å². The molecular weight excluding hydrogens is 412 g/mol. The number of hydrogen-bond donors (Lipinski definition) is 1. The molecule has 7 heteroatoms. The molecule has 0 aromatic heterocycles. The van der Waals surface area contributed by atoms with E-state index >= 15 is 0 Å². The van der Waals surface area contributed by atoms with E-state index < -0.39 is 52.4 Å². The van der Waals surface area contributed by atoms with E-state index in [9.17, 15) is 14.7 Å². The molecule has 2 saturated carbocycles. The van der Waals surface area contributed by atoms with Crippen LogP contribution in [-0.4, -0.2) is 53.2 Å². The maximum absolute atomic E-state index is 13.8. The molecule has 0 spiro atoms. The molecule has 2 aliphatic carbocycles. The molecule has 7 nitrogen and oxygen atoms in total. The van der Waals surface area contributed by atoms with Gasteiger partial charge in [-0.25, -0.2) is 0 Å². The maximum atomic E-state index is 13.8. The number of carbonyl (C=O) groups is 2.